The van der Waals surface area contributed by atoms with Gasteiger partial charge in [-0.2, -0.15) is 0 Å². The minimum Gasteiger partial charge on any atom is -0.383 e. The number of carbonyl (C=O) groups excluding carboxylic acids is 1. The number of hydrogen-bond acceptors (Lipinski definition) is 3. The standard InChI is InChI=1S/C15H20N2O2/c1-19-10-12-6-4-8-17(12)14-9-11-5-2-3-7-13(11)16-15(14)18/h2-3,5,7,12,14H,4,6,8-10H2,1H3,(H,16,18)/t12-,14?/m0/s1. The minimum atomic E-state index is -0.0439. The van der Waals surface area contributed by atoms with Crippen LogP contribution in [0, 0.1) is 0 Å². The fraction of sp³-hybridized carbons (Fsp3) is 0.533. The Bertz CT molecular complexity index is 475. The number of fused-ring (bicyclic) bond motifs is 1. The number of amides is 1. The van der Waals surface area contributed by atoms with E-state index in [9.17, 15) is 4.79 Å². The summed E-state index contributed by atoms with van der Waals surface area (Å²) in [4.78, 5) is 14.6. The molecule has 2 aliphatic heterocycles. The van der Waals surface area contributed by atoms with Gasteiger partial charge in [-0.3, -0.25) is 9.69 Å². The van der Waals surface area contributed by atoms with Crippen LogP contribution in [0.1, 0.15) is 18.4 Å². The highest BCUT2D eigenvalue weighted by Gasteiger charge is 2.37. The monoisotopic (exact) mass is 260 g/mol. The van der Waals surface area contributed by atoms with Crippen molar-refractivity contribution < 1.29 is 9.53 Å². The molecule has 2 atom stereocenters. The van der Waals surface area contributed by atoms with Gasteiger partial charge in [-0.05, 0) is 37.4 Å². The van der Waals surface area contributed by atoms with Gasteiger partial charge in [0.25, 0.3) is 0 Å². The van der Waals surface area contributed by atoms with Crippen molar-refractivity contribution in [2.75, 3.05) is 25.6 Å². The molecular formula is C15H20N2O2. The smallest absolute Gasteiger partial charge is 0.242 e. The molecule has 1 aromatic rings. The molecule has 1 aromatic carbocycles. The molecule has 0 aliphatic carbocycles. The number of nitrogens with one attached hydrogen (secondary N) is 1. The SMILES string of the molecule is COC[C@@H]1CCCN1C1Cc2ccccc2NC1=O. The van der Waals surface area contributed by atoms with Crippen molar-refractivity contribution >= 4 is 11.6 Å². The van der Waals surface area contributed by atoms with Gasteiger partial charge in [0.1, 0.15) is 0 Å². The summed E-state index contributed by atoms with van der Waals surface area (Å²) < 4.78 is 5.28. The van der Waals surface area contributed by atoms with Crippen molar-refractivity contribution in [3.05, 3.63) is 29.8 Å². The predicted octanol–water partition coefficient (Wildman–Crippen LogP) is 1.66. The molecule has 0 aromatic heterocycles. The molecule has 19 heavy (non-hydrogen) atoms. The maximum atomic E-state index is 12.3. The molecule has 4 nitrogen and oxygen atoms in total. The highest BCUT2D eigenvalue weighted by molar-refractivity contribution is 5.98. The van der Waals surface area contributed by atoms with Crippen LogP contribution >= 0.6 is 0 Å². The second-order valence-electron chi connectivity index (χ2n) is 5.36. The maximum absolute atomic E-state index is 12.3. The summed E-state index contributed by atoms with van der Waals surface area (Å²) in [6, 6.07) is 8.40. The summed E-state index contributed by atoms with van der Waals surface area (Å²) in [6.45, 7) is 1.71. The molecule has 1 saturated heterocycles. The number of anilines is 1. The van der Waals surface area contributed by atoms with E-state index < -0.39 is 0 Å². The largest absolute Gasteiger partial charge is 0.383 e. The third-order valence-corrected chi connectivity index (χ3v) is 4.17. The van der Waals surface area contributed by atoms with Gasteiger partial charge in [-0.15, -0.1) is 0 Å². The molecule has 4 heteroatoms. The normalized spacial score (nSPS) is 27.1. The number of nitrogens with zero attached hydrogens (tertiary/aromatic N) is 1. The van der Waals surface area contributed by atoms with Crippen molar-refractivity contribution in [1.82, 2.24) is 4.90 Å². The van der Waals surface area contributed by atoms with Crippen LogP contribution < -0.4 is 5.32 Å². The van der Waals surface area contributed by atoms with E-state index in [2.05, 4.69) is 16.3 Å². The van der Waals surface area contributed by atoms with E-state index in [-0.39, 0.29) is 11.9 Å². The summed E-state index contributed by atoms with van der Waals surface area (Å²) in [5.41, 5.74) is 2.20. The molecule has 102 valence electrons. The van der Waals surface area contributed by atoms with Gasteiger partial charge in [-0.25, -0.2) is 0 Å². The first-order valence-corrected chi connectivity index (χ1v) is 6.93. The Morgan fingerprint density at radius 2 is 2.26 bits per heavy atom. The topological polar surface area (TPSA) is 41.6 Å². The average molecular weight is 260 g/mol. The molecule has 0 radical (unpaired) electrons. The molecule has 1 fully saturated rings. The Labute approximate surface area is 113 Å². The Morgan fingerprint density at radius 1 is 1.42 bits per heavy atom. The van der Waals surface area contributed by atoms with Gasteiger partial charge in [0.15, 0.2) is 0 Å². The second kappa shape index (κ2) is 5.31. The molecule has 1 unspecified atom stereocenters. The molecule has 2 heterocycles. The lowest BCUT2D eigenvalue weighted by Crippen LogP contribution is -2.50. The molecule has 0 saturated carbocycles. The lowest BCUT2D eigenvalue weighted by Gasteiger charge is -2.35. The molecule has 1 N–H and O–H groups in total. The van der Waals surface area contributed by atoms with Gasteiger partial charge in [0, 0.05) is 18.8 Å². The maximum Gasteiger partial charge on any atom is 0.242 e. The first-order valence-electron chi connectivity index (χ1n) is 6.93. The zero-order valence-electron chi connectivity index (χ0n) is 11.3. The van der Waals surface area contributed by atoms with Crippen LogP contribution in [0.4, 0.5) is 5.69 Å². The van der Waals surface area contributed by atoms with E-state index in [0.717, 1.165) is 31.5 Å². The Hall–Kier alpha value is -1.39. The van der Waals surface area contributed by atoms with Crippen LogP contribution in [0.25, 0.3) is 0 Å². The van der Waals surface area contributed by atoms with Crippen molar-refractivity contribution in [1.29, 1.82) is 0 Å². The van der Waals surface area contributed by atoms with E-state index >= 15 is 0 Å². The van der Waals surface area contributed by atoms with E-state index in [1.54, 1.807) is 7.11 Å². The van der Waals surface area contributed by atoms with Crippen LogP contribution in [0.2, 0.25) is 0 Å². The Morgan fingerprint density at radius 3 is 3.11 bits per heavy atom. The fourth-order valence-corrected chi connectivity index (χ4v) is 3.24. The molecule has 0 bridgehead atoms. The Balaban J connectivity index is 1.80. The number of para-hydroxylation sites is 1. The van der Waals surface area contributed by atoms with Crippen LogP contribution in [0.3, 0.4) is 0 Å². The first kappa shape index (κ1) is 12.6. The minimum absolute atomic E-state index is 0.0439. The van der Waals surface area contributed by atoms with Gasteiger partial charge >= 0.3 is 0 Å². The van der Waals surface area contributed by atoms with Gasteiger partial charge in [-0.1, -0.05) is 18.2 Å². The number of ether oxygens (including phenoxy) is 1. The first-order chi connectivity index (χ1) is 9.29. The lowest BCUT2D eigenvalue weighted by atomic mass is 9.97. The van der Waals surface area contributed by atoms with E-state index in [4.69, 9.17) is 4.74 Å². The van der Waals surface area contributed by atoms with Gasteiger partial charge in [0.2, 0.25) is 5.91 Å². The molecule has 2 aliphatic rings. The number of methoxy groups -OCH3 is 1. The third-order valence-electron chi connectivity index (χ3n) is 4.17. The molecule has 3 rings (SSSR count). The van der Waals surface area contributed by atoms with Gasteiger partial charge in [0.05, 0.1) is 12.6 Å². The van der Waals surface area contributed by atoms with Crippen LogP contribution in [0.15, 0.2) is 24.3 Å². The fourth-order valence-electron chi connectivity index (χ4n) is 3.24. The molecule has 1 amide bonds. The number of rotatable bonds is 3. The highest BCUT2D eigenvalue weighted by Crippen LogP contribution is 2.28. The summed E-state index contributed by atoms with van der Waals surface area (Å²) >= 11 is 0. The number of carbonyl (C=O) groups is 1. The van der Waals surface area contributed by atoms with Crippen LogP contribution in [-0.2, 0) is 16.0 Å². The van der Waals surface area contributed by atoms with Crippen LogP contribution in [0.5, 0.6) is 0 Å². The van der Waals surface area contributed by atoms with E-state index in [1.807, 2.05) is 18.2 Å². The lowest BCUT2D eigenvalue weighted by molar-refractivity contribution is -0.122. The quantitative estimate of drug-likeness (QED) is 0.898. The second-order valence-corrected chi connectivity index (χ2v) is 5.36. The van der Waals surface area contributed by atoms with Crippen LogP contribution in [-0.4, -0.2) is 43.2 Å². The Kier molecular flexibility index (Phi) is 3.53. The predicted molar refractivity (Wildman–Crippen MR) is 74.2 cm³/mol. The van der Waals surface area contributed by atoms with E-state index in [1.165, 1.54) is 5.56 Å². The number of hydrogen-bond donors (Lipinski definition) is 1. The zero-order chi connectivity index (χ0) is 13.2. The molecular weight excluding hydrogens is 240 g/mol. The van der Waals surface area contributed by atoms with Crippen molar-refractivity contribution in [3.8, 4) is 0 Å². The highest BCUT2D eigenvalue weighted by atomic mass is 16.5. The van der Waals surface area contributed by atoms with Crippen molar-refractivity contribution in [2.24, 2.45) is 0 Å². The van der Waals surface area contributed by atoms with E-state index in [0.29, 0.717) is 12.6 Å². The third kappa shape index (κ3) is 2.38. The number of likely N-dealkylation sites (tertiary alicyclic amines) is 1. The summed E-state index contributed by atoms with van der Waals surface area (Å²) in [5, 5.41) is 3.03. The number of benzene rings is 1. The van der Waals surface area contributed by atoms with Crippen molar-refractivity contribution in [2.45, 2.75) is 31.3 Å². The zero-order valence-corrected chi connectivity index (χ0v) is 11.3. The summed E-state index contributed by atoms with van der Waals surface area (Å²) in [5.74, 6) is 0.127. The summed E-state index contributed by atoms with van der Waals surface area (Å²) in [7, 11) is 1.73. The van der Waals surface area contributed by atoms with Crippen molar-refractivity contribution in [3.63, 3.8) is 0 Å². The molecule has 0 spiro atoms. The summed E-state index contributed by atoms with van der Waals surface area (Å²) in [6.07, 6.45) is 3.08. The average Bonchev–Trinajstić information content (AvgIpc) is 2.86. The van der Waals surface area contributed by atoms with Gasteiger partial charge < -0.3 is 10.1 Å².